The number of hydrogen-bond acceptors (Lipinski definition) is 4. The number of nitrogens with zero attached hydrogens (tertiary/aromatic N) is 2. The largest absolute Gasteiger partial charge is 0.375 e. The first-order valence-electron chi connectivity index (χ1n) is 5.76. The number of carbonyl (C=O) groups excluding carboxylic acids is 1. The second-order valence-electron chi connectivity index (χ2n) is 4.07. The van der Waals surface area contributed by atoms with E-state index in [1.807, 2.05) is 12.1 Å². The molecule has 1 aliphatic heterocycles. The van der Waals surface area contributed by atoms with Crippen molar-refractivity contribution in [2.75, 3.05) is 31.6 Å². The zero-order valence-corrected chi connectivity index (χ0v) is 9.93. The van der Waals surface area contributed by atoms with Gasteiger partial charge < -0.3 is 15.0 Å². The van der Waals surface area contributed by atoms with Gasteiger partial charge in [-0.3, -0.25) is 9.78 Å². The highest BCUT2D eigenvalue weighted by molar-refractivity contribution is 5.92. The van der Waals surface area contributed by atoms with E-state index in [9.17, 15) is 4.79 Å². The van der Waals surface area contributed by atoms with Gasteiger partial charge in [0.2, 0.25) is 5.91 Å². The van der Waals surface area contributed by atoms with Crippen LogP contribution in [0.1, 0.15) is 6.42 Å². The van der Waals surface area contributed by atoms with Crippen LogP contribution in [0.15, 0.2) is 24.5 Å². The first kappa shape index (κ1) is 12.0. The summed E-state index contributed by atoms with van der Waals surface area (Å²) in [7, 11) is 1.76. The Kier molecular flexibility index (Phi) is 4.06. The summed E-state index contributed by atoms with van der Waals surface area (Å²) in [4.78, 5) is 17.6. The van der Waals surface area contributed by atoms with Gasteiger partial charge in [0.25, 0.3) is 0 Å². The van der Waals surface area contributed by atoms with E-state index < -0.39 is 0 Å². The van der Waals surface area contributed by atoms with Gasteiger partial charge in [0.15, 0.2) is 0 Å². The summed E-state index contributed by atoms with van der Waals surface area (Å²) < 4.78 is 5.51. The molecule has 1 N–H and O–H groups in total. The van der Waals surface area contributed by atoms with Crippen molar-refractivity contribution in [3.8, 4) is 0 Å². The second kappa shape index (κ2) is 5.75. The van der Waals surface area contributed by atoms with Crippen molar-refractivity contribution in [1.82, 2.24) is 10.3 Å². The van der Waals surface area contributed by atoms with Crippen molar-refractivity contribution >= 4 is 11.6 Å². The van der Waals surface area contributed by atoms with E-state index in [1.165, 1.54) is 0 Å². The minimum atomic E-state index is -0.0182. The van der Waals surface area contributed by atoms with Crippen LogP contribution in [0.2, 0.25) is 0 Å². The maximum absolute atomic E-state index is 12.0. The second-order valence-corrected chi connectivity index (χ2v) is 4.07. The molecule has 1 aromatic heterocycles. The number of carbonyl (C=O) groups is 1. The molecule has 1 amide bonds. The average Bonchev–Trinajstić information content (AvgIpc) is 2.40. The standard InChI is InChI=1S/C12H17N3O2/c1-15(10-3-2-4-13-8-10)12(16)7-11-9-14-5-6-17-11/h2-4,8,11,14H,5-7,9H2,1H3. The molecule has 1 aliphatic rings. The molecule has 92 valence electrons. The Labute approximate surface area is 101 Å². The third kappa shape index (κ3) is 3.25. The van der Waals surface area contributed by atoms with E-state index in [0.717, 1.165) is 18.8 Å². The van der Waals surface area contributed by atoms with Crippen molar-refractivity contribution in [3.05, 3.63) is 24.5 Å². The van der Waals surface area contributed by atoms with E-state index in [2.05, 4.69) is 10.3 Å². The maximum Gasteiger partial charge on any atom is 0.229 e. The van der Waals surface area contributed by atoms with E-state index in [1.54, 1.807) is 24.3 Å². The van der Waals surface area contributed by atoms with Gasteiger partial charge in [0, 0.05) is 26.3 Å². The molecule has 5 nitrogen and oxygen atoms in total. The molecule has 2 rings (SSSR count). The van der Waals surface area contributed by atoms with Crippen LogP contribution in [0.4, 0.5) is 5.69 Å². The van der Waals surface area contributed by atoms with Crippen molar-refractivity contribution in [2.45, 2.75) is 12.5 Å². The summed E-state index contributed by atoms with van der Waals surface area (Å²) in [6, 6.07) is 3.68. The third-order valence-corrected chi connectivity index (χ3v) is 2.81. The van der Waals surface area contributed by atoms with Crippen LogP contribution >= 0.6 is 0 Å². The molecule has 0 spiro atoms. The Bertz CT molecular complexity index is 363. The van der Waals surface area contributed by atoms with Crippen LogP contribution in [-0.2, 0) is 9.53 Å². The lowest BCUT2D eigenvalue weighted by molar-refractivity contribution is -0.121. The van der Waals surface area contributed by atoms with E-state index in [-0.39, 0.29) is 12.0 Å². The molecule has 0 aliphatic carbocycles. The maximum atomic E-state index is 12.0. The number of aromatic nitrogens is 1. The molecule has 1 saturated heterocycles. The number of amides is 1. The lowest BCUT2D eigenvalue weighted by atomic mass is 10.2. The molecule has 0 radical (unpaired) electrons. The van der Waals surface area contributed by atoms with Crippen molar-refractivity contribution in [1.29, 1.82) is 0 Å². The van der Waals surface area contributed by atoms with Gasteiger partial charge in [-0.15, -0.1) is 0 Å². The molecule has 1 aromatic rings. The highest BCUT2D eigenvalue weighted by Gasteiger charge is 2.20. The summed E-state index contributed by atoms with van der Waals surface area (Å²) in [5.74, 6) is 0.0479. The fourth-order valence-corrected chi connectivity index (χ4v) is 1.78. The van der Waals surface area contributed by atoms with E-state index >= 15 is 0 Å². The molecular weight excluding hydrogens is 218 g/mol. The predicted molar refractivity (Wildman–Crippen MR) is 64.9 cm³/mol. The van der Waals surface area contributed by atoms with Gasteiger partial charge >= 0.3 is 0 Å². The number of ether oxygens (including phenoxy) is 1. The van der Waals surface area contributed by atoms with Gasteiger partial charge in [-0.2, -0.15) is 0 Å². The Morgan fingerprint density at radius 2 is 2.59 bits per heavy atom. The predicted octanol–water partition coefficient (Wildman–Crippen LogP) is 0.423. The zero-order valence-electron chi connectivity index (χ0n) is 9.93. The van der Waals surface area contributed by atoms with Crippen LogP contribution in [0.5, 0.6) is 0 Å². The first-order valence-corrected chi connectivity index (χ1v) is 5.76. The molecule has 1 fully saturated rings. The summed E-state index contributed by atoms with van der Waals surface area (Å²) in [6.07, 6.45) is 3.75. The van der Waals surface area contributed by atoms with Gasteiger partial charge in [0.05, 0.1) is 31.0 Å². The van der Waals surface area contributed by atoms with Crippen LogP contribution in [0, 0.1) is 0 Å². The van der Waals surface area contributed by atoms with Crippen LogP contribution in [0.25, 0.3) is 0 Å². The van der Waals surface area contributed by atoms with E-state index in [4.69, 9.17) is 4.74 Å². The van der Waals surface area contributed by atoms with Crippen molar-refractivity contribution in [2.24, 2.45) is 0 Å². The number of morpholine rings is 1. The normalized spacial score (nSPS) is 19.9. The summed E-state index contributed by atoms with van der Waals surface area (Å²) in [5.41, 5.74) is 0.807. The molecule has 17 heavy (non-hydrogen) atoms. The Hall–Kier alpha value is -1.46. The smallest absolute Gasteiger partial charge is 0.229 e. The van der Waals surface area contributed by atoms with Gasteiger partial charge in [0.1, 0.15) is 0 Å². The topological polar surface area (TPSA) is 54.5 Å². The molecule has 1 atom stereocenters. The summed E-state index contributed by atoms with van der Waals surface area (Å²) in [5, 5.41) is 3.21. The molecule has 0 bridgehead atoms. The monoisotopic (exact) mass is 235 g/mol. The SMILES string of the molecule is CN(C(=O)CC1CNCCO1)c1cccnc1. The lowest BCUT2D eigenvalue weighted by Crippen LogP contribution is -2.41. The number of pyridine rings is 1. The quantitative estimate of drug-likeness (QED) is 0.825. The Balaban J connectivity index is 1.91. The minimum absolute atomic E-state index is 0.0182. The highest BCUT2D eigenvalue weighted by atomic mass is 16.5. The lowest BCUT2D eigenvalue weighted by Gasteiger charge is -2.25. The van der Waals surface area contributed by atoms with E-state index in [0.29, 0.717) is 13.0 Å². The number of rotatable bonds is 3. The van der Waals surface area contributed by atoms with Gasteiger partial charge in [-0.05, 0) is 12.1 Å². The van der Waals surface area contributed by atoms with Gasteiger partial charge in [-0.25, -0.2) is 0 Å². The third-order valence-electron chi connectivity index (χ3n) is 2.81. The fourth-order valence-electron chi connectivity index (χ4n) is 1.78. The zero-order chi connectivity index (χ0) is 12.1. The first-order chi connectivity index (χ1) is 8.27. The van der Waals surface area contributed by atoms with Gasteiger partial charge in [-0.1, -0.05) is 0 Å². The molecule has 1 unspecified atom stereocenters. The van der Waals surface area contributed by atoms with Crippen molar-refractivity contribution < 1.29 is 9.53 Å². The molecule has 0 aromatic carbocycles. The minimum Gasteiger partial charge on any atom is -0.375 e. The molecule has 5 heteroatoms. The number of nitrogens with one attached hydrogen (secondary N) is 1. The molecular formula is C12H17N3O2. The fraction of sp³-hybridized carbons (Fsp3) is 0.500. The summed E-state index contributed by atoms with van der Waals surface area (Å²) >= 11 is 0. The molecule has 0 saturated carbocycles. The summed E-state index contributed by atoms with van der Waals surface area (Å²) in [6.45, 7) is 2.28. The number of hydrogen-bond donors (Lipinski definition) is 1. The van der Waals surface area contributed by atoms with Crippen molar-refractivity contribution in [3.63, 3.8) is 0 Å². The number of anilines is 1. The molecule has 2 heterocycles. The highest BCUT2D eigenvalue weighted by Crippen LogP contribution is 2.12. The Morgan fingerprint density at radius 3 is 3.24 bits per heavy atom. The Morgan fingerprint density at radius 1 is 1.71 bits per heavy atom. The van der Waals surface area contributed by atoms with Crippen LogP contribution in [-0.4, -0.2) is 43.7 Å². The van der Waals surface area contributed by atoms with Crippen LogP contribution < -0.4 is 10.2 Å². The van der Waals surface area contributed by atoms with Crippen LogP contribution in [0.3, 0.4) is 0 Å². The average molecular weight is 235 g/mol.